The van der Waals surface area contributed by atoms with Crippen molar-refractivity contribution in [3.63, 3.8) is 0 Å². The quantitative estimate of drug-likeness (QED) is 0.855. The summed E-state index contributed by atoms with van der Waals surface area (Å²) < 4.78 is 3.02. The molecule has 3 nitrogen and oxygen atoms in total. The smallest absolute Gasteiger partial charge is 0.0868 e. The van der Waals surface area contributed by atoms with Crippen LogP contribution < -0.4 is 5.32 Å². The van der Waals surface area contributed by atoms with E-state index in [1.807, 2.05) is 17.8 Å². The van der Waals surface area contributed by atoms with E-state index in [0.717, 1.165) is 38.7 Å². The van der Waals surface area contributed by atoms with E-state index >= 15 is 0 Å². The van der Waals surface area contributed by atoms with Crippen LogP contribution in [0, 0.1) is 6.92 Å². The van der Waals surface area contributed by atoms with Gasteiger partial charge in [-0.1, -0.05) is 18.5 Å². The van der Waals surface area contributed by atoms with Gasteiger partial charge in [0.05, 0.1) is 27.4 Å². The molecule has 1 unspecified atom stereocenters. The number of nitrogens with zero attached hydrogens (tertiary/aromatic N) is 2. The lowest BCUT2D eigenvalue weighted by atomic mass is 10.1. The predicted molar refractivity (Wildman–Crippen MR) is 85.2 cm³/mol. The van der Waals surface area contributed by atoms with Crippen LogP contribution in [-0.4, -0.2) is 16.3 Å². The molecule has 0 saturated carbocycles. The molecule has 0 radical (unpaired) electrons. The van der Waals surface area contributed by atoms with Gasteiger partial charge in [-0.2, -0.15) is 5.10 Å². The maximum Gasteiger partial charge on any atom is 0.0868 e. The van der Waals surface area contributed by atoms with Crippen molar-refractivity contribution >= 4 is 38.9 Å². The maximum atomic E-state index is 6.43. The van der Waals surface area contributed by atoms with Gasteiger partial charge in [-0.05, 0) is 47.3 Å². The Kier molecular flexibility index (Phi) is 5.06. The molecule has 0 aliphatic rings. The minimum absolute atomic E-state index is 0.0769. The highest BCUT2D eigenvalue weighted by molar-refractivity contribution is 9.10. The van der Waals surface area contributed by atoms with Gasteiger partial charge in [0.25, 0.3) is 0 Å². The fourth-order valence-electron chi connectivity index (χ4n) is 2.07. The molecule has 0 aliphatic carbocycles. The molecule has 0 saturated heterocycles. The first-order chi connectivity index (χ1) is 9.10. The lowest BCUT2D eigenvalue weighted by Gasteiger charge is -2.19. The lowest BCUT2D eigenvalue weighted by molar-refractivity contribution is 0.545. The van der Waals surface area contributed by atoms with Crippen LogP contribution in [0.25, 0.3) is 0 Å². The predicted octanol–water partition coefficient (Wildman–Crippen LogP) is 4.39. The molecule has 0 aliphatic heterocycles. The van der Waals surface area contributed by atoms with E-state index in [0.29, 0.717) is 0 Å². The van der Waals surface area contributed by atoms with Crippen LogP contribution in [0.2, 0.25) is 5.02 Å². The Morgan fingerprint density at radius 2 is 2.26 bits per heavy atom. The Bertz CT molecular complexity index is 564. The summed E-state index contributed by atoms with van der Waals surface area (Å²) in [5.74, 6) is 0. The van der Waals surface area contributed by atoms with Crippen LogP contribution >= 0.6 is 38.9 Å². The Morgan fingerprint density at radius 1 is 1.53 bits per heavy atom. The molecule has 0 spiro atoms. The van der Waals surface area contributed by atoms with Gasteiger partial charge in [0, 0.05) is 11.4 Å². The molecule has 2 aromatic rings. The van der Waals surface area contributed by atoms with Gasteiger partial charge >= 0.3 is 0 Å². The summed E-state index contributed by atoms with van der Waals surface area (Å²) in [6.45, 7) is 7.94. The van der Waals surface area contributed by atoms with Crippen molar-refractivity contribution < 1.29 is 0 Å². The zero-order valence-corrected chi connectivity index (χ0v) is 14.4. The second kappa shape index (κ2) is 6.39. The van der Waals surface area contributed by atoms with Crippen molar-refractivity contribution in [2.24, 2.45) is 0 Å². The normalized spacial score (nSPS) is 12.9. The van der Waals surface area contributed by atoms with Gasteiger partial charge in [-0.3, -0.25) is 4.68 Å². The number of rotatable bonds is 5. The first-order valence-corrected chi connectivity index (χ1v) is 8.33. The third kappa shape index (κ3) is 2.89. The molecule has 0 aromatic carbocycles. The number of thiophene rings is 1. The number of nitrogens with one attached hydrogen (secondary N) is 1. The molecule has 19 heavy (non-hydrogen) atoms. The van der Waals surface area contributed by atoms with Crippen molar-refractivity contribution in [2.45, 2.75) is 33.4 Å². The summed E-state index contributed by atoms with van der Waals surface area (Å²) in [5, 5.41) is 10.9. The van der Waals surface area contributed by atoms with Gasteiger partial charge in [-0.15, -0.1) is 11.3 Å². The van der Waals surface area contributed by atoms with E-state index in [9.17, 15) is 0 Å². The molecule has 0 bridgehead atoms. The lowest BCUT2D eigenvalue weighted by Crippen LogP contribution is -2.24. The molecule has 6 heteroatoms. The zero-order chi connectivity index (χ0) is 14.0. The van der Waals surface area contributed by atoms with Gasteiger partial charge in [0.15, 0.2) is 0 Å². The molecule has 1 atom stereocenters. The maximum absolute atomic E-state index is 6.43. The Labute approximate surface area is 131 Å². The highest BCUT2D eigenvalue weighted by atomic mass is 79.9. The van der Waals surface area contributed by atoms with E-state index in [4.69, 9.17) is 11.6 Å². The zero-order valence-electron chi connectivity index (χ0n) is 11.2. The van der Waals surface area contributed by atoms with Crippen molar-refractivity contribution in [3.8, 4) is 0 Å². The molecule has 2 heterocycles. The molecule has 2 rings (SSSR count). The monoisotopic (exact) mass is 361 g/mol. The van der Waals surface area contributed by atoms with Gasteiger partial charge in [-0.25, -0.2) is 0 Å². The fraction of sp³-hybridized carbons (Fsp3) is 0.462. The Balaban J connectivity index is 2.51. The molecule has 104 valence electrons. The first-order valence-electron chi connectivity index (χ1n) is 6.28. The Morgan fingerprint density at radius 3 is 2.79 bits per heavy atom. The molecule has 2 aromatic heterocycles. The fourth-order valence-corrected chi connectivity index (χ4v) is 3.98. The Hall–Kier alpha value is -0.360. The van der Waals surface area contributed by atoms with Crippen LogP contribution in [0.4, 0.5) is 0 Å². The van der Waals surface area contributed by atoms with Crippen LogP contribution in [0.5, 0.6) is 0 Å². The van der Waals surface area contributed by atoms with E-state index in [1.54, 1.807) is 11.3 Å². The number of hydrogen-bond acceptors (Lipinski definition) is 3. The molecule has 0 fully saturated rings. The summed E-state index contributed by atoms with van der Waals surface area (Å²) in [4.78, 5) is 1.15. The van der Waals surface area contributed by atoms with Crippen molar-refractivity contribution in [3.05, 3.63) is 37.2 Å². The van der Waals surface area contributed by atoms with E-state index in [1.165, 1.54) is 0 Å². The van der Waals surface area contributed by atoms with Crippen LogP contribution in [0.3, 0.4) is 0 Å². The highest BCUT2D eigenvalue weighted by Gasteiger charge is 2.24. The minimum Gasteiger partial charge on any atom is -0.305 e. The van der Waals surface area contributed by atoms with Crippen molar-refractivity contribution in [1.29, 1.82) is 0 Å². The summed E-state index contributed by atoms with van der Waals surface area (Å²) in [7, 11) is 0. The standard InChI is InChI=1S/C13H17BrClN3S/c1-4-16-11(13-10(15)8(3)7-19-13)12-9(14)6-17-18(12)5-2/h6-7,11,16H,4-5H2,1-3H3. The third-order valence-corrected chi connectivity index (χ3v) is 5.39. The first kappa shape index (κ1) is 15.0. The molecular weight excluding hydrogens is 346 g/mol. The summed E-state index contributed by atoms with van der Waals surface area (Å²) >= 11 is 11.7. The number of hydrogen-bond donors (Lipinski definition) is 1. The molecule has 1 N–H and O–H groups in total. The second-order valence-electron chi connectivity index (χ2n) is 4.28. The summed E-state index contributed by atoms with van der Waals surface area (Å²) in [6, 6.07) is 0.0769. The van der Waals surface area contributed by atoms with E-state index in [-0.39, 0.29) is 6.04 Å². The van der Waals surface area contributed by atoms with Gasteiger partial charge < -0.3 is 5.32 Å². The number of aryl methyl sites for hydroxylation is 2. The molecular formula is C13H17BrClN3S. The second-order valence-corrected chi connectivity index (χ2v) is 6.42. The van der Waals surface area contributed by atoms with Crippen molar-refractivity contribution in [1.82, 2.24) is 15.1 Å². The third-order valence-electron chi connectivity index (χ3n) is 3.00. The van der Waals surface area contributed by atoms with Crippen LogP contribution in [0.15, 0.2) is 16.0 Å². The van der Waals surface area contributed by atoms with Crippen LogP contribution in [-0.2, 0) is 6.54 Å². The topological polar surface area (TPSA) is 29.9 Å². The minimum atomic E-state index is 0.0769. The number of halogens is 2. The van der Waals surface area contributed by atoms with Gasteiger partial charge in [0.1, 0.15) is 0 Å². The van der Waals surface area contributed by atoms with E-state index in [2.05, 4.69) is 45.6 Å². The summed E-state index contributed by atoms with van der Waals surface area (Å²) in [5.41, 5.74) is 2.26. The average molecular weight is 363 g/mol. The largest absolute Gasteiger partial charge is 0.305 e. The summed E-state index contributed by atoms with van der Waals surface area (Å²) in [6.07, 6.45) is 1.84. The number of aromatic nitrogens is 2. The van der Waals surface area contributed by atoms with E-state index < -0.39 is 0 Å². The molecule has 0 amide bonds. The van der Waals surface area contributed by atoms with Crippen molar-refractivity contribution in [2.75, 3.05) is 6.54 Å². The van der Waals surface area contributed by atoms with Crippen LogP contribution in [0.1, 0.15) is 36.0 Å². The highest BCUT2D eigenvalue weighted by Crippen LogP contribution is 2.37. The SMILES string of the molecule is CCNC(c1scc(C)c1Cl)c1c(Br)cnn1CC. The van der Waals surface area contributed by atoms with Gasteiger partial charge in [0.2, 0.25) is 0 Å². The average Bonchev–Trinajstić information content (AvgIpc) is 2.92.